The lowest BCUT2D eigenvalue weighted by Crippen LogP contribution is -2.29. The van der Waals surface area contributed by atoms with Crippen molar-refractivity contribution < 1.29 is 0 Å². The normalized spacial score (nSPS) is 27.4. The molecule has 0 saturated carbocycles. The minimum atomic E-state index is 0.358. The van der Waals surface area contributed by atoms with E-state index >= 15 is 0 Å². The third-order valence-electron chi connectivity index (χ3n) is 3.35. The monoisotopic (exact) mass is 208 g/mol. The molecule has 0 bridgehead atoms. The molecule has 1 aromatic rings. The fourth-order valence-electron chi connectivity index (χ4n) is 2.20. The van der Waals surface area contributed by atoms with Crippen LogP contribution in [-0.4, -0.2) is 40.4 Å². The van der Waals surface area contributed by atoms with Gasteiger partial charge in [0, 0.05) is 51.0 Å². The van der Waals surface area contributed by atoms with Gasteiger partial charge in [0.05, 0.1) is 0 Å². The van der Waals surface area contributed by atoms with Crippen LogP contribution in [0.4, 0.5) is 0 Å². The van der Waals surface area contributed by atoms with Gasteiger partial charge in [-0.05, 0) is 12.0 Å². The summed E-state index contributed by atoms with van der Waals surface area (Å²) in [6, 6.07) is 2.44. The van der Waals surface area contributed by atoms with Gasteiger partial charge in [-0.3, -0.25) is 4.68 Å². The lowest BCUT2D eigenvalue weighted by molar-refractivity contribution is 0.328. The summed E-state index contributed by atoms with van der Waals surface area (Å²) in [5.74, 6) is 0.636. The first-order valence-corrected chi connectivity index (χ1v) is 5.61. The van der Waals surface area contributed by atoms with E-state index in [0.717, 1.165) is 26.1 Å². The van der Waals surface area contributed by atoms with Crippen LogP contribution in [0.25, 0.3) is 0 Å². The number of rotatable bonds is 3. The quantitative estimate of drug-likeness (QED) is 0.774. The molecule has 2 unspecified atom stereocenters. The molecule has 15 heavy (non-hydrogen) atoms. The van der Waals surface area contributed by atoms with Gasteiger partial charge in [-0.15, -0.1) is 0 Å². The molecule has 2 atom stereocenters. The van der Waals surface area contributed by atoms with E-state index in [4.69, 9.17) is 5.73 Å². The molecule has 4 nitrogen and oxygen atoms in total. The molecule has 1 aliphatic heterocycles. The Hall–Kier alpha value is -0.870. The average molecular weight is 208 g/mol. The van der Waals surface area contributed by atoms with Gasteiger partial charge in [0.25, 0.3) is 0 Å². The van der Waals surface area contributed by atoms with Crippen LogP contribution in [0.15, 0.2) is 12.3 Å². The molecule has 1 aliphatic rings. The number of likely N-dealkylation sites (tertiary alicyclic amines) is 1. The summed E-state index contributed by atoms with van der Waals surface area (Å²) in [6.07, 6.45) is 2.92. The zero-order valence-electron chi connectivity index (χ0n) is 9.56. The van der Waals surface area contributed by atoms with Crippen molar-refractivity contribution >= 4 is 0 Å². The van der Waals surface area contributed by atoms with Crippen molar-refractivity contribution in [2.24, 2.45) is 18.7 Å². The highest BCUT2D eigenvalue weighted by molar-refractivity contribution is 5.00. The Morgan fingerprint density at radius 2 is 2.33 bits per heavy atom. The van der Waals surface area contributed by atoms with Gasteiger partial charge in [-0.2, -0.15) is 5.10 Å². The number of nitrogens with two attached hydrogens (primary N) is 1. The fourth-order valence-corrected chi connectivity index (χ4v) is 2.20. The van der Waals surface area contributed by atoms with Gasteiger partial charge in [0.15, 0.2) is 0 Å². The maximum absolute atomic E-state index is 5.99. The SMILES string of the molecule is CC1CN(CCc2ccnn2C)CC1N. The zero-order valence-corrected chi connectivity index (χ0v) is 9.56. The summed E-state index contributed by atoms with van der Waals surface area (Å²) in [5, 5.41) is 4.17. The highest BCUT2D eigenvalue weighted by Gasteiger charge is 2.25. The van der Waals surface area contributed by atoms with Crippen molar-refractivity contribution in [2.75, 3.05) is 19.6 Å². The van der Waals surface area contributed by atoms with E-state index in [2.05, 4.69) is 23.0 Å². The van der Waals surface area contributed by atoms with E-state index in [9.17, 15) is 0 Å². The Kier molecular flexibility index (Phi) is 3.07. The summed E-state index contributed by atoms with van der Waals surface area (Å²) >= 11 is 0. The lowest BCUT2D eigenvalue weighted by atomic mass is 10.1. The minimum absolute atomic E-state index is 0.358. The molecule has 0 amide bonds. The fraction of sp³-hybridized carbons (Fsp3) is 0.727. The van der Waals surface area contributed by atoms with Gasteiger partial charge >= 0.3 is 0 Å². The molecule has 1 saturated heterocycles. The van der Waals surface area contributed by atoms with Gasteiger partial charge in [0.1, 0.15) is 0 Å². The molecule has 2 heterocycles. The van der Waals surface area contributed by atoms with Crippen LogP contribution in [0.2, 0.25) is 0 Å². The minimum Gasteiger partial charge on any atom is -0.326 e. The van der Waals surface area contributed by atoms with Crippen LogP contribution in [0.5, 0.6) is 0 Å². The van der Waals surface area contributed by atoms with Gasteiger partial charge < -0.3 is 10.6 Å². The van der Waals surface area contributed by atoms with Crippen molar-refractivity contribution in [2.45, 2.75) is 19.4 Å². The second-order valence-electron chi connectivity index (χ2n) is 4.60. The summed E-state index contributed by atoms with van der Waals surface area (Å²) in [7, 11) is 1.99. The van der Waals surface area contributed by atoms with Gasteiger partial charge in [-0.1, -0.05) is 6.92 Å². The van der Waals surface area contributed by atoms with Crippen molar-refractivity contribution in [3.63, 3.8) is 0 Å². The van der Waals surface area contributed by atoms with E-state index in [0.29, 0.717) is 12.0 Å². The van der Waals surface area contributed by atoms with Crippen LogP contribution in [0, 0.1) is 5.92 Å². The summed E-state index contributed by atoms with van der Waals surface area (Å²) in [6.45, 7) is 5.50. The second kappa shape index (κ2) is 4.33. The molecule has 1 aromatic heterocycles. The molecular weight excluding hydrogens is 188 g/mol. The lowest BCUT2D eigenvalue weighted by Gasteiger charge is -2.14. The van der Waals surface area contributed by atoms with E-state index in [1.54, 1.807) is 0 Å². The third-order valence-corrected chi connectivity index (χ3v) is 3.35. The van der Waals surface area contributed by atoms with Crippen LogP contribution >= 0.6 is 0 Å². The molecule has 2 N–H and O–H groups in total. The Bertz CT molecular complexity index is 310. The largest absolute Gasteiger partial charge is 0.326 e. The van der Waals surface area contributed by atoms with Crippen molar-refractivity contribution in [1.29, 1.82) is 0 Å². The summed E-state index contributed by atoms with van der Waals surface area (Å²) < 4.78 is 1.94. The van der Waals surface area contributed by atoms with Crippen LogP contribution in [0.1, 0.15) is 12.6 Å². The smallest absolute Gasteiger partial charge is 0.0492 e. The molecule has 0 aromatic carbocycles. The standard InChI is InChI=1S/C11H20N4/c1-9-7-15(8-11(9)12)6-4-10-3-5-13-14(10)2/h3,5,9,11H,4,6-8,12H2,1-2H3. The van der Waals surface area contributed by atoms with Crippen molar-refractivity contribution in [1.82, 2.24) is 14.7 Å². The Morgan fingerprint density at radius 1 is 1.53 bits per heavy atom. The van der Waals surface area contributed by atoms with E-state index < -0.39 is 0 Å². The Balaban J connectivity index is 1.82. The molecule has 0 spiro atoms. The molecule has 1 fully saturated rings. The Labute approximate surface area is 91.1 Å². The molecule has 84 valence electrons. The number of aromatic nitrogens is 2. The van der Waals surface area contributed by atoms with E-state index in [1.165, 1.54) is 5.69 Å². The number of nitrogens with zero attached hydrogens (tertiary/aromatic N) is 3. The second-order valence-corrected chi connectivity index (χ2v) is 4.60. The maximum atomic E-state index is 5.99. The predicted octanol–water partition coefficient (Wildman–Crippen LogP) is 0.242. The topological polar surface area (TPSA) is 47.1 Å². The number of aryl methyl sites for hydroxylation is 1. The first-order valence-electron chi connectivity index (χ1n) is 5.61. The van der Waals surface area contributed by atoms with Crippen LogP contribution in [0.3, 0.4) is 0 Å². The van der Waals surface area contributed by atoms with E-state index in [-0.39, 0.29) is 0 Å². The molecular formula is C11H20N4. The third kappa shape index (κ3) is 2.38. The summed E-state index contributed by atoms with van der Waals surface area (Å²) in [4.78, 5) is 2.45. The first kappa shape index (κ1) is 10.6. The molecule has 2 rings (SSSR count). The van der Waals surface area contributed by atoms with Crippen LogP contribution < -0.4 is 5.73 Å². The van der Waals surface area contributed by atoms with Gasteiger partial charge in [0.2, 0.25) is 0 Å². The zero-order chi connectivity index (χ0) is 10.8. The van der Waals surface area contributed by atoms with E-state index in [1.807, 2.05) is 17.9 Å². The highest BCUT2D eigenvalue weighted by Crippen LogP contribution is 2.14. The highest BCUT2D eigenvalue weighted by atomic mass is 15.3. The average Bonchev–Trinajstić information content (AvgIpc) is 2.72. The first-order chi connectivity index (χ1) is 7.16. The van der Waals surface area contributed by atoms with Crippen molar-refractivity contribution in [3.8, 4) is 0 Å². The molecule has 0 aliphatic carbocycles. The number of hydrogen-bond donors (Lipinski definition) is 1. The van der Waals surface area contributed by atoms with Gasteiger partial charge in [-0.25, -0.2) is 0 Å². The van der Waals surface area contributed by atoms with Crippen molar-refractivity contribution in [3.05, 3.63) is 18.0 Å². The van der Waals surface area contributed by atoms with Crippen LogP contribution in [-0.2, 0) is 13.5 Å². The predicted molar refractivity (Wildman–Crippen MR) is 60.5 cm³/mol. The number of hydrogen-bond acceptors (Lipinski definition) is 3. The maximum Gasteiger partial charge on any atom is 0.0492 e. The molecule has 0 radical (unpaired) electrons. The summed E-state index contributed by atoms with van der Waals surface area (Å²) in [5.41, 5.74) is 7.28. The molecule has 4 heteroatoms. The Morgan fingerprint density at radius 3 is 2.87 bits per heavy atom.